The summed E-state index contributed by atoms with van der Waals surface area (Å²) >= 11 is 9.46. The van der Waals surface area contributed by atoms with Gasteiger partial charge < -0.3 is 15.2 Å². The van der Waals surface area contributed by atoms with E-state index in [-0.39, 0.29) is 0 Å². The molecule has 0 radical (unpaired) electrons. The van der Waals surface area contributed by atoms with Crippen LogP contribution in [0.2, 0.25) is 5.02 Å². The number of hydrogen-bond acceptors (Lipinski definition) is 3. The Kier molecular flexibility index (Phi) is 6.80. The van der Waals surface area contributed by atoms with E-state index in [0.717, 1.165) is 28.9 Å². The van der Waals surface area contributed by atoms with Crippen LogP contribution in [0.15, 0.2) is 22.7 Å². The molecular formula is C16H23BrClNO2. The molecule has 0 aliphatic heterocycles. The van der Waals surface area contributed by atoms with E-state index in [0.29, 0.717) is 24.3 Å². The third-order valence-electron chi connectivity index (χ3n) is 3.97. The van der Waals surface area contributed by atoms with Gasteiger partial charge in [0.25, 0.3) is 0 Å². The number of rotatable bonds is 6. The van der Waals surface area contributed by atoms with Gasteiger partial charge in [-0.15, -0.1) is 0 Å². The van der Waals surface area contributed by atoms with Crippen LogP contribution in [0, 0.1) is 5.92 Å². The van der Waals surface area contributed by atoms with Crippen LogP contribution < -0.4 is 5.32 Å². The molecule has 3 nitrogen and oxygen atoms in total. The van der Waals surface area contributed by atoms with Crippen molar-refractivity contribution in [3.8, 4) is 0 Å². The van der Waals surface area contributed by atoms with Gasteiger partial charge in [0, 0.05) is 6.54 Å². The van der Waals surface area contributed by atoms with Crippen molar-refractivity contribution in [2.24, 2.45) is 5.92 Å². The van der Waals surface area contributed by atoms with Gasteiger partial charge in [0.05, 0.1) is 34.0 Å². The van der Waals surface area contributed by atoms with Gasteiger partial charge in [0.2, 0.25) is 0 Å². The SMILES string of the molecule is CC1CCC(OCC(O)CNc2cccc(Cl)c2Br)CC1. The third-order valence-corrected chi connectivity index (χ3v) is 5.36. The second-order valence-electron chi connectivity index (χ2n) is 5.85. The number of aliphatic hydroxyl groups is 1. The molecule has 118 valence electrons. The number of nitrogens with one attached hydrogen (secondary N) is 1. The number of halogens is 2. The van der Waals surface area contributed by atoms with Crippen LogP contribution in [0.1, 0.15) is 32.6 Å². The highest BCUT2D eigenvalue weighted by Gasteiger charge is 2.19. The Morgan fingerprint density at radius 1 is 1.38 bits per heavy atom. The molecule has 0 aromatic heterocycles. The molecular weight excluding hydrogens is 354 g/mol. The van der Waals surface area contributed by atoms with Gasteiger partial charge in [0.1, 0.15) is 0 Å². The topological polar surface area (TPSA) is 41.5 Å². The van der Waals surface area contributed by atoms with Crippen LogP contribution in [-0.4, -0.2) is 30.5 Å². The Hall–Kier alpha value is -0.290. The van der Waals surface area contributed by atoms with Gasteiger partial charge in [-0.25, -0.2) is 0 Å². The minimum atomic E-state index is -0.518. The molecule has 0 bridgehead atoms. The van der Waals surface area contributed by atoms with Gasteiger partial charge in [0.15, 0.2) is 0 Å². The molecule has 1 fully saturated rings. The van der Waals surface area contributed by atoms with E-state index in [1.165, 1.54) is 12.8 Å². The number of aliphatic hydroxyl groups excluding tert-OH is 1. The highest BCUT2D eigenvalue weighted by atomic mass is 79.9. The third kappa shape index (κ3) is 5.44. The predicted octanol–water partition coefficient (Wildman–Crippen LogP) is 4.47. The molecule has 0 amide bonds. The normalized spacial score (nSPS) is 23.8. The molecule has 1 aromatic carbocycles. The van der Waals surface area contributed by atoms with Crippen LogP contribution in [0.5, 0.6) is 0 Å². The van der Waals surface area contributed by atoms with E-state index < -0.39 is 6.10 Å². The summed E-state index contributed by atoms with van der Waals surface area (Å²) in [7, 11) is 0. The Labute approximate surface area is 140 Å². The molecule has 0 spiro atoms. The van der Waals surface area contributed by atoms with Crippen molar-refractivity contribution in [2.75, 3.05) is 18.5 Å². The zero-order valence-corrected chi connectivity index (χ0v) is 14.7. The number of benzene rings is 1. The molecule has 1 atom stereocenters. The molecule has 1 unspecified atom stereocenters. The number of ether oxygens (including phenoxy) is 1. The van der Waals surface area contributed by atoms with Crippen LogP contribution in [0.3, 0.4) is 0 Å². The second kappa shape index (κ2) is 8.37. The molecule has 1 saturated carbocycles. The molecule has 1 aliphatic rings. The maximum atomic E-state index is 10.0. The van der Waals surface area contributed by atoms with E-state index in [1.54, 1.807) is 0 Å². The lowest BCUT2D eigenvalue weighted by Gasteiger charge is -2.27. The number of hydrogen-bond donors (Lipinski definition) is 2. The zero-order chi connectivity index (χ0) is 15.2. The van der Waals surface area contributed by atoms with Crippen molar-refractivity contribution in [3.63, 3.8) is 0 Å². The van der Waals surface area contributed by atoms with Crippen molar-refractivity contribution in [1.82, 2.24) is 0 Å². The summed E-state index contributed by atoms with van der Waals surface area (Å²) in [4.78, 5) is 0. The van der Waals surface area contributed by atoms with Crippen molar-refractivity contribution >= 4 is 33.2 Å². The van der Waals surface area contributed by atoms with E-state index in [4.69, 9.17) is 16.3 Å². The molecule has 2 rings (SSSR count). The van der Waals surface area contributed by atoms with E-state index in [9.17, 15) is 5.11 Å². The minimum Gasteiger partial charge on any atom is -0.389 e. The Bertz CT molecular complexity index is 450. The first-order valence-corrected chi connectivity index (χ1v) is 8.71. The van der Waals surface area contributed by atoms with Crippen molar-refractivity contribution in [3.05, 3.63) is 27.7 Å². The van der Waals surface area contributed by atoms with Crippen molar-refractivity contribution in [2.45, 2.75) is 44.8 Å². The molecule has 0 heterocycles. The number of anilines is 1. The van der Waals surface area contributed by atoms with Gasteiger partial charge in [-0.05, 0) is 59.7 Å². The Balaban J connectivity index is 1.70. The molecule has 5 heteroatoms. The molecule has 21 heavy (non-hydrogen) atoms. The first kappa shape index (κ1) is 17.1. The van der Waals surface area contributed by atoms with Gasteiger partial charge in [-0.2, -0.15) is 0 Å². The smallest absolute Gasteiger partial charge is 0.0945 e. The standard InChI is InChI=1S/C16H23BrClNO2/c1-11-5-7-13(8-6-11)21-10-12(20)9-19-15-4-2-3-14(18)16(15)17/h2-4,11-13,19-20H,5-10H2,1H3. The summed E-state index contributed by atoms with van der Waals surface area (Å²) in [5, 5.41) is 13.9. The molecule has 1 aliphatic carbocycles. The fourth-order valence-electron chi connectivity index (χ4n) is 2.57. The molecule has 0 saturated heterocycles. The summed E-state index contributed by atoms with van der Waals surface area (Å²) < 4.78 is 6.63. The summed E-state index contributed by atoms with van der Waals surface area (Å²) in [5.41, 5.74) is 0.882. The van der Waals surface area contributed by atoms with Gasteiger partial charge in [-0.1, -0.05) is 24.6 Å². The fourth-order valence-corrected chi connectivity index (χ4v) is 3.15. The minimum absolute atomic E-state index is 0.314. The molecule has 2 N–H and O–H groups in total. The fraction of sp³-hybridized carbons (Fsp3) is 0.625. The maximum Gasteiger partial charge on any atom is 0.0945 e. The summed E-state index contributed by atoms with van der Waals surface area (Å²) in [6.07, 6.45) is 4.48. The van der Waals surface area contributed by atoms with Crippen LogP contribution in [0.4, 0.5) is 5.69 Å². The average molecular weight is 377 g/mol. The second-order valence-corrected chi connectivity index (χ2v) is 7.05. The quantitative estimate of drug-likeness (QED) is 0.769. The summed E-state index contributed by atoms with van der Waals surface area (Å²) in [6.45, 7) is 3.12. The van der Waals surface area contributed by atoms with Crippen molar-refractivity contribution in [1.29, 1.82) is 0 Å². The Morgan fingerprint density at radius 2 is 2.10 bits per heavy atom. The average Bonchev–Trinajstić information content (AvgIpc) is 2.48. The lowest BCUT2D eigenvalue weighted by Crippen LogP contribution is -2.29. The van der Waals surface area contributed by atoms with Gasteiger partial charge in [-0.3, -0.25) is 0 Å². The van der Waals surface area contributed by atoms with E-state index in [1.807, 2.05) is 18.2 Å². The van der Waals surface area contributed by atoms with E-state index >= 15 is 0 Å². The van der Waals surface area contributed by atoms with Crippen LogP contribution >= 0.6 is 27.5 Å². The zero-order valence-electron chi connectivity index (χ0n) is 12.3. The first-order chi connectivity index (χ1) is 10.1. The van der Waals surface area contributed by atoms with Crippen LogP contribution in [-0.2, 0) is 4.74 Å². The highest BCUT2D eigenvalue weighted by Crippen LogP contribution is 2.30. The molecule has 1 aromatic rings. The van der Waals surface area contributed by atoms with E-state index in [2.05, 4.69) is 28.2 Å². The van der Waals surface area contributed by atoms with Gasteiger partial charge >= 0.3 is 0 Å². The monoisotopic (exact) mass is 375 g/mol. The lowest BCUT2D eigenvalue weighted by molar-refractivity contribution is -0.0245. The Morgan fingerprint density at radius 3 is 2.81 bits per heavy atom. The maximum absolute atomic E-state index is 10.0. The first-order valence-electron chi connectivity index (χ1n) is 7.53. The van der Waals surface area contributed by atoms with Crippen molar-refractivity contribution < 1.29 is 9.84 Å². The largest absolute Gasteiger partial charge is 0.389 e. The summed E-state index contributed by atoms with van der Waals surface area (Å²) in [6, 6.07) is 5.62. The summed E-state index contributed by atoms with van der Waals surface area (Å²) in [5.74, 6) is 0.816. The highest BCUT2D eigenvalue weighted by molar-refractivity contribution is 9.10. The van der Waals surface area contributed by atoms with Crippen LogP contribution in [0.25, 0.3) is 0 Å². The lowest BCUT2D eigenvalue weighted by atomic mass is 9.89. The predicted molar refractivity (Wildman–Crippen MR) is 91.0 cm³/mol.